The molecule has 1 aromatic rings. The molecule has 3 aliphatic rings. The Kier molecular flexibility index (Phi) is 7.33. The number of rotatable bonds is 5. The molecule has 180 valence electrons. The van der Waals surface area contributed by atoms with Crippen molar-refractivity contribution >= 4 is 46.3 Å². The van der Waals surface area contributed by atoms with Gasteiger partial charge in [-0.1, -0.05) is 35.5 Å². The average molecular weight is 503 g/mol. The van der Waals surface area contributed by atoms with Crippen molar-refractivity contribution in [1.29, 1.82) is 0 Å². The zero-order valence-corrected chi connectivity index (χ0v) is 21.0. The fourth-order valence-electron chi connectivity index (χ4n) is 4.37. The molecule has 4 rings (SSSR count). The molecule has 0 spiro atoms. The zero-order chi connectivity index (χ0) is 24.4. The third-order valence-corrected chi connectivity index (χ3v) is 7.19. The van der Waals surface area contributed by atoms with Crippen LogP contribution in [0.3, 0.4) is 0 Å². The number of piperazine rings is 1. The van der Waals surface area contributed by atoms with Crippen LogP contribution in [0.5, 0.6) is 0 Å². The average Bonchev–Trinajstić information content (AvgIpc) is 3.20. The van der Waals surface area contributed by atoms with Crippen molar-refractivity contribution in [2.24, 2.45) is 4.99 Å². The third kappa shape index (κ3) is 4.86. The molecule has 3 aliphatic heterocycles. The smallest absolute Gasteiger partial charge is 0.338 e. The monoisotopic (exact) mass is 502 g/mol. The molecule has 34 heavy (non-hydrogen) atoms. The number of carbonyl (C=O) groups excluding carboxylic acids is 3. The number of benzene rings is 1. The van der Waals surface area contributed by atoms with Gasteiger partial charge < -0.3 is 19.4 Å². The van der Waals surface area contributed by atoms with Gasteiger partial charge in [-0.2, -0.15) is 0 Å². The van der Waals surface area contributed by atoms with Crippen molar-refractivity contribution in [2.45, 2.75) is 33.2 Å². The molecular weight excluding hydrogens is 476 g/mol. The van der Waals surface area contributed by atoms with Gasteiger partial charge in [-0.25, -0.2) is 9.79 Å². The van der Waals surface area contributed by atoms with Gasteiger partial charge in [-0.15, -0.1) is 0 Å². The van der Waals surface area contributed by atoms with Crippen molar-refractivity contribution in [1.82, 2.24) is 14.7 Å². The van der Waals surface area contributed by atoms with E-state index in [0.29, 0.717) is 47.6 Å². The predicted octanol–water partition coefficient (Wildman–Crippen LogP) is 3.56. The predicted molar refractivity (Wildman–Crippen MR) is 132 cm³/mol. The Balaban J connectivity index is 1.61. The number of fused-ring (bicyclic) bond motifs is 1. The Bertz CT molecular complexity index is 1110. The van der Waals surface area contributed by atoms with Crippen LogP contribution in [0.2, 0.25) is 5.02 Å². The Morgan fingerprint density at radius 3 is 2.53 bits per heavy atom. The van der Waals surface area contributed by atoms with Gasteiger partial charge in [0.05, 0.1) is 30.3 Å². The van der Waals surface area contributed by atoms with E-state index < -0.39 is 12.0 Å². The van der Waals surface area contributed by atoms with Crippen molar-refractivity contribution in [3.05, 3.63) is 57.2 Å². The van der Waals surface area contributed by atoms with Gasteiger partial charge >= 0.3 is 5.97 Å². The summed E-state index contributed by atoms with van der Waals surface area (Å²) in [4.78, 5) is 47.9. The lowest BCUT2D eigenvalue weighted by molar-refractivity contribution is -0.139. The molecular formula is C24H27ClN4O4S. The van der Waals surface area contributed by atoms with Crippen LogP contribution >= 0.6 is 23.4 Å². The Morgan fingerprint density at radius 2 is 1.88 bits per heavy atom. The summed E-state index contributed by atoms with van der Waals surface area (Å²) in [7, 11) is 0. The molecule has 2 amide bonds. The highest BCUT2D eigenvalue weighted by Crippen LogP contribution is 2.45. The zero-order valence-electron chi connectivity index (χ0n) is 19.4. The van der Waals surface area contributed by atoms with Crippen LogP contribution in [-0.2, 0) is 19.1 Å². The van der Waals surface area contributed by atoms with Crippen LogP contribution in [-0.4, -0.2) is 70.4 Å². The van der Waals surface area contributed by atoms with E-state index in [1.807, 2.05) is 28.5 Å². The van der Waals surface area contributed by atoms with Crippen LogP contribution in [0.4, 0.5) is 0 Å². The van der Waals surface area contributed by atoms with Gasteiger partial charge in [-0.3, -0.25) is 9.59 Å². The van der Waals surface area contributed by atoms with Gasteiger partial charge in [0.2, 0.25) is 11.8 Å². The Morgan fingerprint density at radius 1 is 1.18 bits per heavy atom. The number of esters is 1. The molecule has 0 bridgehead atoms. The fourth-order valence-corrected chi connectivity index (χ4v) is 5.53. The number of hydrogen-bond donors (Lipinski definition) is 0. The SMILES string of the molecule is CCOC(=O)C1=C(C)N=C2SC=C(CC(=O)N3CCN(C(C)=O)CC3)N2C1c1cccc(Cl)c1. The van der Waals surface area contributed by atoms with E-state index in [0.717, 1.165) is 11.3 Å². The number of carbonyl (C=O) groups is 3. The molecule has 10 heteroatoms. The minimum atomic E-state index is -0.506. The fraction of sp³-hybridized carbons (Fsp3) is 0.417. The van der Waals surface area contributed by atoms with Gasteiger partial charge in [0.15, 0.2) is 5.17 Å². The van der Waals surface area contributed by atoms with Gasteiger partial charge in [0, 0.05) is 43.8 Å². The molecule has 3 heterocycles. The lowest BCUT2D eigenvalue weighted by atomic mass is 9.94. The van der Waals surface area contributed by atoms with Crippen molar-refractivity contribution in [3.8, 4) is 0 Å². The number of thioether (sulfide) groups is 1. The molecule has 0 aliphatic carbocycles. The van der Waals surface area contributed by atoms with Crippen molar-refractivity contribution in [3.63, 3.8) is 0 Å². The number of halogens is 1. The maximum absolute atomic E-state index is 13.2. The molecule has 0 saturated carbocycles. The number of nitrogens with zero attached hydrogens (tertiary/aromatic N) is 4. The van der Waals surface area contributed by atoms with E-state index in [1.165, 1.54) is 11.8 Å². The topological polar surface area (TPSA) is 82.5 Å². The maximum atomic E-state index is 13.2. The van der Waals surface area contributed by atoms with Crippen LogP contribution in [0.25, 0.3) is 0 Å². The summed E-state index contributed by atoms with van der Waals surface area (Å²) in [6.45, 7) is 7.43. The highest BCUT2D eigenvalue weighted by molar-refractivity contribution is 8.16. The summed E-state index contributed by atoms with van der Waals surface area (Å²) in [5.74, 6) is -0.435. The molecule has 0 N–H and O–H groups in total. The summed E-state index contributed by atoms with van der Waals surface area (Å²) in [5, 5.41) is 3.18. The summed E-state index contributed by atoms with van der Waals surface area (Å²) in [5.41, 5.74) is 2.60. The van der Waals surface area contributed by atoms with Crippen molar-refractivity contribution in [2.75, 3.05) is 32.8 Å². The molecule has 1 aromatic carbocycles. The first-order valence-electron chi connectivity index (χ1n) is 11.2. The van der Waals surface area contributed by atoms with E-state index in [9.17, 15) is 14.4 Å². The van der Waals surface area contributed by atoms with E-state index in [2.05, 4.69) is 4.99 Å². The molecule has 1 fully saturated rings. The van der Waals surface area contributed by atoms with Crippen molar-refractivity contribution < 1.29 is 19.1 Å². The summed E-state index contributed by atoms with van der Waals surface area (Å²) in [6, 6.07) is 6.85. The number of hydrogen-bond acceptors (Lipinski definition) is 7. The highest BCUT2D eigenvalue weighted by atomic mass is 35.5. The summed E-state index contributed by atoms with van der Waals surface area (Å²) in [6.07, 6.45) is 0.165. The van der Waals surface area contributed by atoms with Gasteiger partial charge in [0.1, 0.15) is 0 Å². The number of aliphatic imine (C=N–C) groups is 1. The van der Waals surface area contributed by atoms with Crippen LogP contribution in [0.1, 0.15) is 38.8 Å². The quantitative estimate of drug-likeness (QED) is 0.572. The number of allylic oxidation sites excluding steroid dienone is 1. The molecule has 1 atom stereocenters. The minimum absolute atomic E-state index is 0.0224. The molecule has 1 saturated heterocycles. The largest absolute Gasteiger partial charge is 0.463 e. The standard InChI is InChI=1S/C24H27ClN4O4S/c1-4-33-23(32)21-15(2)26-24-29(22(21)17-6-5-7-18(25)12-17)19(14-34-24)13-20(31)28-10-8-27(9-11-28)16(3)30/h5-7,12,14,22H,4,8-11,13H2,1-3H3. The van der Waals surface area contributed by atoms with Gasteiger partial charge in [0.25, 0.3) is 0 Å². The van der Waals surface area contributed by atoms with Crippen LogP contribution in [0, 0.1) is 0 Å². The van der Waals surface area contributed by atoms with Crippen LogP contribution in [0.15, 0.2) is 51.6 Å². The first-order chi connectivity index (χ1) is 16.3. The second-order valence-electron chi connectivity index (χ2n) is 8.23. The van der Waals surface area contributed by atoms with E-state index in [1.54, 1.807) is 36.6 Å². The molecule has 8 nitrogen and oxygen atoms in total. The molecule has 0 aromatic heterocycles. The first-order valence-corrected chi connectivity index (χ1v) is 12.5. The summed E-state index contributed by atoms with van der Waals surface area (Å²) < 4.78 is 5.36. The van der Waals surface area contributed by atoms with E-state index in [4.69, 9.17) is 16.3 Å². The normalized spacial score (nSPS) is 20.1. The summed E-state index contributed by atoms with van der Waals surface area (Å²) >= 11 is 7.73. The Hall–Kier alpha value is -2.78. The third-order valence-electron chi connectivity index (χ3n) is 6.07. The first kappa shape index (κ1) is 24.3. The second-order valence-corrected chi connectivity index (χ2v) is 9.51. The number of ether oxygens (including phenoxy) is 1. The lowest BCUT2D eigenvalue weighted by Gasteiger charge is -2.37. The number of amidine groups is 1. The van der Waals surface area contributed by atoms with E-state index in [-0.39, 0.29) is 24.8 Å². The lowest BCUT2D eigenvalue weighted by Crippen LogP contribution is -2.50. The minimum Gasteiger partial charge on any atom is -0.463 e. The van der Waals surface area contributed by atoms with Crippen LogP contribution < -0.4 is 0 Å². The molecule has 0 radical (unpaired) electrons. The number of amides is 2. The molecule has 1 unspecified atom stereocenters. The maximum Gasteiger partial charge on any atom is 0.338 e. The second kappa shape index (κ2) is 10.2. The highest BCUT2D eigenvalue weighted by Gasteiger charge is 2.41. The van der Waals surface area contributed by atoms with Gasteiger partial charge in [-0.05, 0) is 37.0 Å². The Labute approximate surface area is 208 Å². The van der Waals surface area contributed by atoms with E-state index >= 15 is 0 Å².